The molecule has 0 aliphatic heterocycles. The number of para-hydroxylation sites is 1. The average molecular weight is 386 g/mol. The minimum absolute atomic E-state index is 0.0139. The van der Waals surface area contributed by atoms with Crippen LogP contribution in [0.1, 0.15) is 0 Å². The van der Waals surface area contributed by atoms with Crippen LogP contribution in [0.4, 0.5) is 0 Å². The van der Waals surface area contributed by atoms with Gasteiger partial charge in [-0.1, -0.05) is 29.3 Å². The van der Waals surface area contributed by atoms with Gasteiger partial charge in [-0.25, -0.2) is 0 Å². The molecule has 0 atom stereocenters. The number of halogens is 3. The van der Waals surface area contributed by atoms with E-state index in [0.717, 1.165) is 0 Å². The van der Waals surface area contributed by atoms with Gasteiger partial charge >= 0.3 is 0 Å². The molecule has 106 valence electrons. The van der Waals surface area contributed by atoms with Crippen LogP contribution in [0.25, 0.3) is 22.1 Å². The summed E-state index contributed by atoms with van der Waals surface area (Å²) in [5, 5.41) is 10.8. The van der Waals surface area contributed by atoms with Gasteiger partial charge in [0, 0.05) is 5.56 Å². The first kappa shape index (κ1) is 14.4. The topological polar surface area (TPSA) is 50.4 Å². The molecule has 0 radical (unpaired) electrons. The van der Waals surface area contributed by atoms with Crippen molar-refractivity contribution in [1.82, 2.24) is 0 Å². The fourth-order valence-electron chi connectivity index (χ4n) is 2.05. The van der Waals surface area contributed by atoms with Gasteiger partial charge in [0.15, 0.2) is 5.58 Å². The Morgan fingerprint density at radius 3 is 2.62 bits per heavy atom. The molecule has 1 heterocycles. The summed E-state index contributed by atoms with van der Waals surface area (Å²) >= 11 is 15.3. The summed E-state index contributed by atoms with van der Waals surface area (Å²) in [7, 11) is 0. The molecule has 2 aromatic carbocycles. The standard InChI is InChI=1S/C15H7BrCl2O3/c16-10-5-12(18)8(4-13(10)19)9-6-21-15-7(14(9)20)2-1-3-11(15)17/h1-6,19H. The van der Waals surface area contributed by atoms with Crippen LogP contribution >= 0.6 is 39.1 Å². The quantitative estimate of drug-likeness (QED) is 0.623. The Morgan fingerprint density at radius 1 is 1.10 bits per heavy atom. The third-order valence-corrected chi connectivity index (χ3v) is 4.32. The monoisotopic (exact) mass is 384 g/mol. The third kappa shape index (κ3) is 2.44. The molecule has 0 bridgehead atoms. The normalized spacial score (nSPS) is 11.0. The minimum Gasteiger partial charge on any atom is -0.507 e. The predicted octanol–water partition coefficient (Wildman–Crippen LogP) is 5.23. The lowest BCUT2D eigenvalue weighted by molar-refractivity contribution is 0.472. The molecule has 0 amide bonds. The third-order valence-electron chi connectivity index (χ3n) is 3.08. The van der Waals surface area contributed by atoms with Gasteiger partial charge in [0.2, 0.25) is 5.43 Å². The Morgan fingerprint density at radius 2 is 1.86 bits per heavy atom. The molecule has 21 heavy (non-hydrogen) atoms. The van der Waals surface area contributed by atoms with Crippen LogP contribution in [-0.2, 0) is 0 Å². The highest BCUT2D eigenvalue weighted by molar-refractivity contribution is 9.10. The maximum atomic E-state index is 12.6. The average Bonchev–Trinajstić information content (AvgIpc) is 2.45. The van der Waals surface area contributed by atoms with Gasteiger partial charge in [-0.05, 0) is 40.2 Å². The van der Waals surface area contributed by atoms with Crippen LogP contribution < -0.4 is 5.43 Å². The molecule has 1 aromatic heterocycles. The van der Waals surface area contributed by atoms with Crippen molar-refractivity contribution >= 4 is 50.1 Å². The number of aromatic hydroxyl groups is 1. The van der Waals surface area contributed by atoms with Crippen molar-refractivity contribution in [2.45, 2.75) is 0 Å². The van der Waals surface area contributed by atoms with Crippen LogP contribution in [0, 0.1) is 0 Å². The largest absolute Gasteiger partial charge is 0.507 e. The summed E-state index contributed by atoms with van der Waals surface area (Å²) in [5.74, 6) is -0.0139. The van der Waals surface area contributed by atoms with E-state index in [-0.39, 0.29) is 16.7 Å². The van der Waals surface area contributed by atoms with Gasteiger partial charge in [-0.3, -0.25) is 4.79 Å². The van der Waals surface area contributed by atoms with Crippen LogP contribution in [0.15, 0.2) is 50.3 Å². The van der Waals surface area contributed by atoms with Crippen molar-refractivity contribution in [3.05, 3.63) is 61.3 Å². The first-order chi connectivity index (χ1) is 9.99. The number of rotatable bonds is 1. The van der Waals surface area contributed by atoms with E-state index in [1.807, 2.05) is 0 Å². The highest BCUT2D eigenvalue weighted by atomic mass is 79.9. The van der Waals surface area contributed by atoms with Crippen molar-refractivity contribution in [3.8, 4) is 16.9 Å². The number of phenols is 1. The van der Waals surface area contributed by atoms with Gasteiger partial charge in [-0.15, -0.1) is 0 Å². The van der Waals surface area contributed by atoms with Crippen molar-refractivity contribution in [1.29, 1.82) is 0 Å². The molecule has 3 nitrogen and oxygen atoms in total. The second-order valence-corrected chi connectivity index (χ2v) is 6.05. The lowest BCUT2D eigenvalue weighted by Crippen LogP contribution is -2.05. The van der Waals surface area contributed by atoms with Crippen LogP contribution in [0.2, 0.25) is 10.0 Å². The van der Waals surface area contributed by atoms with Gasteiger partial charge in [0.1, 0.15) is 12.0 Å². The zero-order valence-corrected chi connectivity index (χ0v) is 13.5. The van der Waals surface area contributed by atoms with Gasteiger partial charge in [-0.2, -0.15) is 0 Å². The van der Waals surface area contributed by atoms with Crippen molar-refractivity contribution in [3.63, 3.8) is 0 Å². The molecule has 0 saturated carbocycles. The Kier molecular flexibility index (Phi) is 3.69. The van der Waals surface area contributed by atoms with Gasteiger partial charge in [0.05, 0.1) is 25.5 Å². The Labute approximate surface area is 137 Å². The molecule has 3 rings (SSSR count). The van der Waals surface area contributed by atoms with Crippen LogP contribution in [-0.4, -0.2) is 5.11 Å². The second-order valence-electron chi connectivity index (χ2n) is 4.38. The SMILES string of the molecule is O=c1c(-c2cc(O)c(Br)cc2Cl)coc2c(Cl)cccc12. The van der Waals surface area contributed by atoms with E-state index in [4.69, 9.17) is 27.6 Å². The van der Waals surface area contributed by atoms with Crippen molar-refractivity contribution in [2.75, 3.05) is 0 Å². The van der Waals surface area contributed by atoms with Crippen LogP contribution in [0.3, 0.4) is 0 Å². The van der Waals surface area contributed by atoms with E-state index in [1.54, 1.807) is 18.2 Å². The summed E-state index contributed by atoms with van der Waals surface area (Å²) in [4.78, 5) is 12.6. The molecule has 0 spiro atoms. The zero-order chi connectivity index (χ0) is 15.1. The number of phenolic OH excluding ortho intramolecular Hbond substituents is 1. The minimum atomic E-state index is -0.262. The van der Waals surface area contributed by atoms with E-state index >= 15 is 0 Å². The van der Waals surface area contributed by atoms with Gasteiger partial charge < -0.3 is 9.52 Å². The molecule has 0 aliphatic rings. The first-order valence-electron chi connectivity index (χ1n) is 5.87. The maximum absolute atomic E-state index is 12.6. The molecule has 0 fully saturated rings. The van der Waals surface area contributed by atoms with E-state index in [9.17, 15) is 9.90 Å². The highest BCUT2D eigenvalue weighted by Gasteiger charge is 2.15. The van der Waals surface area contributed by atoms with E-state index in [2.05, 4.69) is 15.9 Å². The van der Waals surface area contributed by atoms with Crippen molar-refractivity contribution in [2.24, 2.45) is 0 Å². The number of hydrogen-bond acceptors (Lipinski definition) is 3. The van der Waals surface area contributed by atoms with Crippen molar-refractivity contribution < 1.29 is 9.52 Å². The van der Waals surface area contributed by atoms with Gasteiger partial charge in [0.25, 0.3) is 0 Å². The highest BCUT2D eigenvalue weighted by Crippen LogP contribution is 2.36. The fraction of sp³-hybridized carbons (Fsp3) is 0. The Hall–Kier alpha value is -1.49. The van der Waals surface area contributed by atoms with E-state index in [1.165, 1.54) is 18.4 Å². The van der Waals surface area contributed by atoms with E-state index in [0.29, 0.717) is 31.1 Å². The molecular formula is C15H7BrCl2O3. The molecule has 3 aromatic rings. The summed E-state index contributed by atoms with van der Waals surface area (Å²) in [6.45, 7) is 0. The molecule has 0 aliphatic carbocycles. The molecule has 1 N–H and O–H groups in total. The number of benzene rings is 2. The Bertz CT molecular complexity index is 919. The molecule has 0 saturated heterocycles. The first-order valence-corrected chi connectivity index (χ1v) is 7.42. The summed E-state index contributed by atoms with van der Waals surface area (Å²) in [6, 6.07) is 7.88. The summed E-state index contributed by atoms with van der Waals surface area (Å²) in [6.07, 6.45) is 1.30. The van der Waals surface area contributed by atoms with E-state index < -0.39 is 0 Å². The maximum Gasteiger partial charge on any atom is 0.200 e. The fourth-order valence-corrected chi connectivity index (χ4v) is 3.01. The lowest BCUT2D eigenvalue weighted by Gasteiger charge is -2.07. The number of fused-ring (bicyclic) bond motifs is 1. The lowest BCUT2D eigenvalue weighted by atomic mass is 10.1. The zero-order valence-electron chi connectivity index (χ0n) is 10.4. The number of hydrogen-bond donors (Lipinski definition) is 1. The van der Waals surface area contributed by atoms with Crippen LogP contribution in [0.5, 0.6) is 5.75 Å². The smallest absolute Gasteiger partial charge is 0.200 e. The predicted molar refractivity (Wildman–Crippen MR) is 87.3 cm³/mol. The molecular weight excluding hydrogens is 379 g/mol. The molecule has 0 unspecified atom stereocenters. The second kappa shape index (κ2) is 5.37. The summed E-state index contributed by atoms with van der Waals surface area (Å²) < 4.78 is 5.90. The summed E-state index contributed by atoms with van der Waals surface area (Å²) in [5.41, 5.74) is 0.721. The molecule has 6 heteroatoms. The Balaban J connectivity index is 2.35.